The van der Waals surface area contributed by atoms with Crippen molar-refractivity contribution in [1.29, 1.82) is 0 Å². The molecule has 1 aliphatic rings. The summed E-state index contributed by atoms with van der Waals surface area (Å²) in [6, 6.07) is 8.02. The first-order chi connectivity index (χ1) is 12.5. The van der Waals surface area contributed by atoms with E-state index in [1.165, 1.54) is 22.1 Å². The molecule has 0 radical (unpaired) electrons. The third kappa shape index (κ3) is 3.53. The van der Waals surface area contributed by atoms with E-state index in [1.807, 2.05) is 38.2 Å². The van der Waals surface area contributed by atoms with Crippen molar-refractivity contribution in [3.8, 4) is 0 Å². The second-order valence-corrected chi connectivity index (χ2v) is 6.79. The Bertz CT molecular complexity index is 873. The summed E-state index contributed by atoms with van der Waals surface area (Å²) in [7, 11) is 0. The van der Waals surface area contributed by atoms with Gasteiger partial charge < -0.3 is 10.3 Å². The highest BCUT2D eigenvalue weighted by Gasteiger charge is 2.39. The number of fused-ring (bicyclic) bond motifs is 1. The zero-order chi connectivity index (χ0) is 18.7. The van der Waals surface area contributed by atoms with Crippen LogP contribution >= 0.6 is 12.2 Å². The number of benzene rings is 1. The van der Waals surface area contributed by atoms with E-state index in [2.05, 4.69) is 21.4 Å². The molecule has 2 heterocycles. The van der Waals surface area contributed by atoms with E-state index in [-0.39, 0.29) is 17.1 Å². The Labute approximate surface area is 157 Å². The van der Waals surface area contributed by atoms with E-state index in [1.54, 1.807) is 0 Å². The molecule has 2 aromatic rings. The minimum atomic E-state index is -0.918. The summed E-state index contributed by atoms with van der Waals surface area (Å²) < 4.78 is 0. The first-order valence-electron chi connectivity index (χ1n) is 8.75. The zero-order valence-electron chi connectivity index (χ0n) is 14.9. The molecular formula is C19H22N4O2S. The van der Waals surface area contributed by atoms with Crippen LogP contribution in [-0.2, 0) is 16.0 Å². The van der Waals surface area contributed by atoms with Gasteiger partial charge in [-0.2, -0.15) is 0 Å². The van der Waals surface area contributed by atoms with Gasteiger partial charge in [0.25, 0.3) is 0 Å². The third-order valence-corrected chi connectivity index (χ3v) is 5.00. The topological polar surface area (TPSA) is 77.6 Å². The van der Waals surface area contributed by atoms with Gasteiger partial charge in [-0.1, -0.05) is 25.1 Å². The smallest absolute Gasteiger partial charge is 0.247 e. The van der Waals surface area contributed by atoms with Crippen molar-refractivity contribution < 1.29 is 9.59 Å². The number of hydrogen-bond acceptors (Lipinski definition) is 4. The molecule has 1 aromatic carbocycles. The van der Waals surface area contributed by atoms with Gasteiger partial charge in [-0.15, -0.1) is 0 Å². The molecule has 1 aromatic heterocycles. The van der Waals surface area contributed by atoms with Crippen LogP contribution in [0.15, 0.2) is 35.5 Å². The first-order valence-corrected chi connectivity index (χ1v) is 9.16. The fourth-order valence-corrected chi connectivity index (χ4v) is 3.41. The van der Waals surface area contributed by atoms with Crippen molar-refractivity contribution in [3.05, 3.63) is 36.0 Å². The molecule has 1 saturated heterocycles. The van der Waals surface area contributed by atoms with Gasteiger partial charge in [0.1, 0.15) is 0 Å². The Morgan fingerprint density at radius 1 is 1.35 bits per heavy atom. The number of carbonyl (C=O) groups is 2. The molecular weight excluding hydrogens is 348 g/mol. The molecule has 3 rings (SSSR count). The molecule has 2 N–H and O–H groups in total. The van der Waals surface area contributed by atoms with Gasteiger partial charge in [-0.25, -0.2) is 0 Å². The number of rotatable bonds is 6. The summed E-state index contributed by atoms with van der Waals surface area (Å²) in [4.78, 5) is 33.8. The van der Waals surface area contributed by atoms with E-state index in [4.69, 9.17) is 12.2 Å². The number of nitrogens with zero attached hydrogens (tertiary/aromatic N) is 2. The number of aliphatic imine (C=N–C) groups is 1. The summed E-state index contributed by atoms with van der Waals surface area (Å²) in [5.41, 5.74) is 2.26. The summed E-state index contributed by atoms with van der Waals surface area (Å²) >= 11 is 5.14. The molecule has 2 atom stereocenters. The van der Waals surface area contributed by atoms with Gasteiger partial charge in [-0.05, 0) is 43.6 Å². The number of para-hydroxylation sites is 1. The van der Waals surface area contributed by atoms with Gasteiger partial charge in [0.05, 0.1) is 0 Å². The highest BCUT2D eigenvalue weighted by atomic mass is 32.1. The molecule has 2 amide bonds. The lowest BCUT2D eigenvalue weighted by atomic mass is 10.0. The summed E-state index contributed by atoms with van der Waals surface area (Å²) in [6.07, 6.45) is 4.91. The molecule has 1 fully saturated rings. The number of hydrogen-bond donors (Lipinski definition) is 2. The number of aromatic nitrogens is 1. The van der Waals surface area contributed by atoms with Gasteiger partial charge in [0, 0.05) is 35.9 Å². The minimum Gasteiger partial charge on any atom is -0.361 e. The Hall–Kier alpha value is -2.54. The number of aromatic amines is 1. The third-order valence-electron chi connectivity index (χ3n) is 4.71. The lowest BCUT2D eigenvalue weighted by Crippen LogP contribution is -2.60. The van der Waals surface area contributed by atoms with Crippen LogP contribution < -0.4 is 5.32 Å². The fraction of sp³-hybridized carbons (Fsp3) is 0.368. The molecule has 7 heteroatoms. The maximum atomic E-state index is 12.6. The van der Waals surface area contributed by atoms with Crippen LogP contribution in [0.1, 0.15) is 25.8 Å². The molecule has 6 nitrogen and oxygen atoms in total. The molecule has 136 valence electrons. The quantitative estimate of drug-likeness (QED) is 0.466. The van der Waals surface area contributed by atoms with Crippen molar-refractivity contribution in [2.75, 3.05) is 6.54 Å². The van der Waals surface area contributed by atoms with E-state index in [0.717, 1.165) is 18.4 Å². The number of H-pyrrole nitrogens is 1. The van der Waals surface area contributed by atoms with Crippen molar-refractivity contribution in [3.63, 3.8) is 0 Å². The Morgan fingerprint density at radius 2 is 2.12 bits per heavy atom. The number of nitrogens with one attached hydrogen (secondary N) is 2. The van der Waals surface area contributed by atoms with Crippen LogP contribution in [0.5, 0.6) is 0 Å². The molecule has 0 saturated carbocycles. The Morgan fingerprint density at radius 3 is 2.88 bits per heavy atom. The van der Waals surface area contributed by atoms with Crippen LogP contribution in [0.3, 0.4) is 0 Å². The summed E-state index contributed by atoms with van der Waals surface area (Å²) in [5.74, 6) is -1.63. The van der Waals surface area contributed by atoms with Crippen molar-refractivity contribution in [2.45, 2.75) is 32.7 Å². The van der Waals surface area contributed by atoms with Crippen molar-refractivity contribution in [1.82, 2.24) is 15.2 Å². The SMILES string of the molecule is CC[C@@H](C)N1C(=O)[C@H](C=NCCc2c[nH]c3ccccc23)C(=O)NC1=S. The highest BCUT2D eigenvalue weighted by molar-refractivity contribution is 7.80. The zero-order valence-corrected chi connectivity index (χ0v) is 15.7. The van der Waals surface area contributed by atoms with E-state index >= 15 is 0 Å². The van der Waals surface area contributed by atoms with Crippen LogP contribution in [0.4, 0.5) is 0 Å². The Balaban J connectivity index is 1.66. The molecule has 26 heavy (non-hydrogen) atoms. The average molecular weight is 370 g/mol. The average Bonchev–Trinajstić information content (AvgIpc) is 3.03. The molecule has 1 aliphatic heterocycles. The largest absolute Gasteiger partial charge is 0.361 e. The van der Waals surface area contributed by atoms with E-state index in [9.17, 15) is 9.59 Å². The number of amides is 2. The second kappa shape index (κ2) is 7.78. The molecule has 0 bridgehead atoms. The van der Waals surface area contributed by atoms with Crippen LogP contribution in [0, 0.1) is 5.92 Å². The van der Waals surface area contributed by atoms with Gasteiger partial charge in [0.2, 0.25) is 11.8 Å². The highest BCUT2D eigenvalue weighted by Crippen LogP contribution is 2.18. The summed E-state index contributed by atoms with van der Waals surface area (Å²) in [6.45, 7) is 4.39. The molecule has 0 aliphatic carbocycles. The van der Waals surface area contributed by atoms with Crippen molar-refractivity contribution in [2.24, 2.45) is 10.9 Å². The lowest BCUT2D eigenvalue weighted by Gasteiger charge is -2.34. The van der Waals surface area contributed by atoms with Crippen LogP contribution in [0.2, 0.25) is 0 Å². The van der Waals surface area contributed by atoms with Gasteiger partial charge in [-0.3, -0.25) is 19.5 Å². The fourth-order valence-electron chi connectivity index (χ4n) is 3.04. The monoisotopic (exact) mass is 370 g/mol. The predicted octanol–water partition coefficient (Wildman–Crippen LogP) is 2.44. The van der Waals surface area contributed by atoms with Crippen molar-refractivity contribution >= 4 is 46.3 Å². The standard InChI is InChI=1S/C19H22N4O2S/c1-3-12(2)23-18(25)15(17(24)22-19(23)26)11-20-9-8-13-10-21-16-7-5-4-6-14(13)16/h4-7,10-12,15,21H,3,8-9H2,1-2H3,(H,22,24,26)/t12-,15-/m1/s1. The number of thiocarbonyl (C=S) groups is 1. The predicted molar refractivity (Wildman–Crippen MR) is 106 cm³/mol. The van der Waals surface area contributed by atoms with Gasteiger partial charge in [0.15, 0.2) is 11.0 Å². The maximum Gasteiger partial charge on any atom is 0.247 e. The van der Waals surface area contributed by atoms with E-state index < -0.39 is 11.8 Å². The maximum absolute atomic E-state index is 12.6. The lowest BCUT2D eigenvalue weighted by molar-refractivity contribution is -0.139. The molecule has 0 unspecified atom stereocenters. The van der Waals surface area contributed by atoms with Gasteiger partial charge >= 0.3 is 0 Å². The van der Waals surface area contributed by atoms with Crippen LogP contribution in [0.25, 0.3) is 10.9 Å². The first kappa shape index (κ1) is 18.3. The molecule has 0 spiro atoms. The number of carbonyl (C=O) groups excluding carboxylic acids is 2. The summed E-state index contributed by atoms with van der Waals surface area (Å²) in [5, 5.41) is 3.95. The Kier molecular flexibility index (Phi) is 5.46. The minimum absolute atomic E-state index is 0.0577. The second-order valence-electron chi connectivity index (χ2n) is 6.40. The van der Waals surface area contributed by atoms with Crippen LogP contribution in [-0.4, -0.2) is 45.6 Å². The normalized spacial score (nSPS) is 19.4. The van der Waals surface area contributed by atoms with E-state index in [0.29, 0.717) is 6.54 Å².